The molecule has 0 atom stereocenters. The van der Waals surface area contributed by atoms with Gasteiger partial charge in [0.1, 0.15) is 6.54 Å². The number of aliphatic imine (C=N–C) groups is 1. The van der Waals surface area contributed by atoms with Gasteiger partial charge in [0.2, 0.25) is 5.91 Å². The monoisotopic (exact) mass is 375 g/mol. The van der Waals surface area contributed by atoms with Crippen LogP contribution in [0.15, 0.2) is 53.5 Å². The third-order valence-corrected chi connectivity index (χ3v) is 4.82. The van der Waals surface area contributed by atoms with Crippen LogP contribution in [0.25, 0.3) is 10.9 Å². The topological polar surface area (TPSA) is 115 Å². The maximum absolute atomic E-state index is 12.8. The Morgan fingerprint density at radius 2 is 1.86 bits per heavy atom. The molecular weight excluding hydrogens is 358 g/mol. The number of fused-ring (bicyclic) bond motifs is 3. The van der Waals surface area contributed by atoms with Gasteiger partial charge >= 0.3 is 5.97 Å². The highest BCUT2D eigenvalue weighted by Gasteiger charge is 2.31. The van der Waals surface area contributed by atoms with Crippen LogP contribution in [0, 0.1) is 0 Å². The molecule has 0 saturated heterocycles. The average molecular weight is 375 g/mol. The van der Waals surface area contributed by atoms with Gasteiger partial charge in [-0.25, -0.2) is 0 Å². The molecule has 1 aliphatic rings. The van der Waals surface area contributed by atoms with Gasteiger partial charge in [-0.05, 0) is 17.7 Å². The number of rotatable bonds is 5. The summed E-state index contributed by atoms with van der Waals surface area (Å²) in [6, 6.07) is 14.7. The molecule has 0 unspecified atom stereocenters. The summed E-state index contributed by atoms with van der Waals surface area (Å²) in [5, 5.41) is 9.77. The van der Waals surface area contributed by atoms with E-state index >= 15 is 0 Å². The quantitative estimate of drug-likeness (QED) is 0.712. The number of benzene rings is 2. The molecule has 0 fully saturated rings. The van der Waals surface area contributed by atoms with Crippen LogP contribution in [0.3, 0.4) is 0 Å². The Morgan fingerprint density at radius 1 is 1.11 bits per heavy atom. The van der Waals surface area contributed by atoms with Gasteiger partial charge in [0.25, 0.3) is 0 Å². The second-order valence-electron chi connectivity index (χ2n) is 6.62. The zero-order chi connectivity index (χ0) is 19.8. The van der Waals surface area contributed by atoms with E-state index in [9.17, 15) is 19.5 Å². The van der Waals surface area contributed by atoms with Crippen molar-refractivity contribution in [3.63, 3.8) is 0 Å². The molecular formula is C21H17N3O4. The first kappa shape index (κ1) is 17.7. The summed E-state index contributed by atoms with van der Waals surface area (Å²) in [4.78, 5) is 40.3. The summed E-state index contributed by atoms with van der Waals surface area (Å²) in [5.41, 5.74) is 8.52. The van der Waals surface area contributed by atoms with Crippen LogP contribution in [0.4, 0.5) is 0 Å². The number of nitrogens with zero attached hydrogens (tertiary/aromatic N) is 2. The van der Waals surface area contributed by atoms with E-state index < -0.39 is 11.9 Å². The van der Waals surface area contributed by atoms with Gasteiger partial charge in [0.15, 0.2) is 5.78 Å². The number of amides is 1. The second-order valence-corrected chi connectivity index (χ2v) is 6.62. The molecule has 0 spiro atoms. The first-order valence-electron chi connectivity index (χ1n) is 8.75. The smallest absolute Gasteiger partial charge is 0.309 e. The Morgan fingerprint density at radius 3 is 2.54 bits per heavy atom. The van der Waals surface area contributed by atoms with E-state index in [1.165, 1.54) is 0 Å². The molecule has 7 nitrogen and oxygen atoms in total. The van der Waals surface area contributed by atoms with Crippen LogP contribution in [-0.4, -0.2) is 39.6 Å². The summed E-state index contributed by atoms with van der Waals surface area (Å²) in [6.45, 7) is 0.258. The van der Waals surface area contributed by atoms with Crippen LogP contribution in [-0.2, 0) is 11.3 Å². The average Bonchev–Trinajstić information content (AvgIpc) is 3.00. The van der Waals surface area contributed by atoms with Crippen molar-refractivity contribution >= 4 is 34.3 Å². The molecule has 3 aromatic rings. The number of aliphatic carboxylic acids is 1. The lowest BCUT2D eigenvalue weighted by Gasteiger charge is -2.16. The van der Waals surface area contributed by atoms with Crippen molar-refractivity contribution in [1.82, 2.24) is 4.57 Å². The van der Waals surface area contributed by atoms with Gasteiger partial charge in [-0.3, -0.25) is 19.4 Å². The summed E-state index contributed by atoms with van der Waals surface area (Å²) < 4.78 is 1.85. The molecule has 0 bridgehead atoms. The van der Waals surface area contributed by atoms with E-state index in [2.05, 4.69) is 4.99 Å². The fraction of sp³-hybridized carbons (Fsp3) is 0.143. The lowest BCUT2D eigenvalue weighted by Crippen LogP contribution is -2.24. The van der Waals surface area contributed by atoms with Crippen molar-refractivity contribution in [2.75, 3.05) is 6.54 Å². The van der Waals surface area contributed by atoms with Crippen molar-refractivity contribution < 1.29 is 19.5 Å². The zero-order valence-corrected chi connectivity index (χ0v) is 14.9. The van der Waals surface area contributed by atoms with E-state index in [0.29, 0.717) is 34.4 Å². The van der Waals surface area contributed by atoms with Crippen LogP contribution in [0.2, 0.25) is 0 Å². The summed E-state index contributed by atoms with van der Waals surface area (Å²) in [6.07, 6.45) is -0.308. The Balaban J connectivity index is 2.06. The van der Waals surface area contributed by atoms with E-state index in [0.717, 1.165) is 5.56 Å². The molecule has 7 heteroatoms. The van der Waals surface area contributed by atoms with Crippen molar-refractivity contribution in [3.05, 3.63) is 70.9 Å². The number of ketones is 1. The maximum atomic E-state index is 12.8. The third kappa shape index (κ3) is 2.87. The van der Waals surface area contributed by atoms with Crippen molar-refractivity contribution in [1.29, 1.82) is 0 Å². The predicted molar refractivity (Wildman–Crippen MR) is 104 cm³/mol. The minimum atomic E-state index is -1.04. The first-order valence-corrected chi connectivity index (χ1v) is 8.75. The Hall–Kier alpha value is -3.74. The molecule has 0 radical (unpaired) electrons. The Bertz CT molecular complexity index is 1160. The number of hydrogen-bond acceptors (Lipinski definition) is 4. The Kier molecular flexibility index (Phi) is 4.27. The van der Waals surface area contributed by atoms with Crippen LogP contribution >= 0.6 is 0 Å². The molecule has 2 heterocycles. The van der Waals surface area contributed by atoms with Gasteiger partial charge in [0.05, 0.1) is 28.9 Å². The summed E-state index contributed by atoms with van der Waals surface area (Å²) >= 11 is 0. The maximum Gasteiger partial charge on any atom is 0.309 e. The molecule has 140 valence electrons. The third-order valence-electron chi connectivity index (χ3n) is 4.82. The number of carbonyl (C=O) groups excluding carboxylic acids is 2. The molecule has 2 aromatic carbocycles. The standard InChI is InChI=1S/C21H17N3O4/c22-21(28)13-7-4-8-15-18(13)19-16(25)10-23-14(9-17(26)27)20(19)24(15)11-12-5-2-1-3-6-12/h1-8H,9-11H2,(H2,22,28)(H,26,27). The predicted octanol–water partition coefficient (Wildman–Crippen LogP) is 2.25. The number of hydrogen-bond donors (Lipinski definition) is 2. The molecule has 1 aromatic heterocycles. The largest absolute Gasteiger partial charge is 0.481 e. The number of carboxylic acids is 1. The fourth-order valence-corrected chi connectivity index (χ4v) is 3.71. The molecule has 0 aliphatic carbocycles. The molecule has 0 saturated carbocycles. The van der Waals surface area contributed by atoms with Gasteiger partial charge in [0, 0.05) is 17.5 Å². The highest BCUT2D eigenvalue weighted by Crippen LogP contribution is 2.33. The van der Waals surface area contributed by atoms with Gasteiger partial charge in [-0.2, -0.15) is 0 Å². The second kappa shape index (κ2) is 6.77. The van der Waals surface area contributed by atoms with Crippen LogP contribution in [0.5, 0.6) is 0 Å². The van der Waals surface area contributed by atoms with Gasteiger partial charge in [-0.1, -0.05) is 36.4 Å². The normalized spacial score (nSPS) is 13.3. The highest BCUT2D eigenvalue weighted by atomic mass is 16.4. The molecule has 4 rings (SSSR count). The highest BCUT2D eigenvalue weighted by molar-refractivity contribution is 6.26. The Labute approximate surface area is 160 Å². The van der Waals surface area contributed by atoms with Crippen molar-refractivity contribution in [3.8, 4) is 0 Å². The number of aromatic nitrogens is 1. The number of carboxylic acid groups (broad SMARTS) is 1. The minimum Gasteiger partial charge on any atom is -0.481 e. The lowest BCUT2D eigenvalue weighted by molar-refractivity contribution is -0.135. The number of nitrogens with two attached hydrogens (primary N) is 1. The van der Waals surface area contributed by atoms with E-state index in [1.54, 1.807) is 18.2 Å². The number of carbonyl (C=O) groups is 3. The van der Waals surface area contributed by atoms with E-state index in [-0.39, 0.29) is 24.3 Å². The minimum absolute atomic E-state index is 0.146. The number of Topliss-reactive ketones (excluding diaryl/α,β-unsaturated/α-hetero) is 1. The van der Waals surface area contributed by atoms with Gasteiger partial charge in [-0.15, -0.1) is 0 Å². The van der Waals surface area contributed by atoms with Gasteiger partial charge < -0.3 is 15.4 Å². The number of primary amides is 1. The molecule has 3 N–H and O–H groups in total. The molecule has 28 heavy (non-hydrogen) atoms. The zero-order valence-electron chi connectivity index (χ0n) is 14.9. The summed E-state index contributed by atoms with van der Waals surface area (Å²) in [7, 11) is 0. The van der Waals surface area contributed by atoms with Crippen LogP contribution < -0.4 is 5.73 Å². The van der Waals surface area contributed by atoms with Crippen molar-refractivity contribution in [2.45, 2.75) is 13.0 Å². The first-order chi connectivity index (χ1) is 13.5. The molecule has 1 aliphatic heterocycles. The summed E-state index contributed by atoms with van der Waals surface area (Å²) in [5.74, 6) is -1.93. The van der Waals surface area contributed by atoms with E-state index in [1.807, 2.05) is 34.9 Å². The van der Waals surface area contributed by atoms with Crippen molar-refractivity contribution in [2.24, 2.45) is 10.7 Å². The van der Waals surface area contributed by atoms with Crippen LogP contribution in [0.1, 0.15) is 38.4 Å². The SMILES string of the molecule is NC(=O)c1cccc2c1c1c(n2Cc2ccccc2)C(CC(=O)O)=NCC1=O. The lowest BCUT2D eigenvalue weighted by atomic mass is 9.96. The molecule has 1 amide bonds. The fourth-order valence-electron chi connectivity index (χ4n) is 3.71. The van der Waals surface area contributed by atoms with E-state index in [4.69, 9.17) is 5.73 Å².